The number of nitrogens with zero attached hydrogens (tertiary/aromatic N) is 2. The van der Waals surface area contributed by atoms with Crippen LogP contribution in [-0.4, -0.2) is 30.0 Å². The van der Waals surface area contributed by atoms with E-state index in [1.165, 1.54) is 16.0 Å². The van der Waals surface area contributed by atoms with Gasteiger partial charge in [0.25, 0.3) is 0 Å². The molecular formula is C18H24N4S. The fraction of sp³-hybridized carbons (Fsp3) is 0.389. The lowest BCUT2D eigenvalue weighted by molar-refractivity contribution is 0.197. The van der Waals surface area contributed by atoms with Crippen LogP contribution in [0.1, 0.15) is 22.9 Å². The van der Waals surface area contributed by atoms with Crippen molar-refractivity contribution in [3.8, 4) is 0 Å². The smallest absolute Gasteiger partial charge is 0.193 e. The molecule has 3 N–H and O–H groups in total. The number of guanidine groups is 1. The third-order valence-electron chi connectivity index (χ3n) is 4.28. The van der Waals surface area contributed by atoms with E-state index in [1.54, 1.807) is 0 Å². The number of benzene rings is 1. The number of hydrogen-bond donors (Lipinski definition) is 2. The molecule has 0 amide bonds. The van der Waals surface area contributed by atoms with Crippen molar-refractivity contribution in [2.75, 3.05) is 18.4 Å². The predicted molar refractivity (Wildman–Crippen MR) is 99.2 cm³/mol. The van der Waals surface area contributed by atoms with E-state index < -0.39 is 0 Å². The van der Waals surface area contributed by atoms with Gasteiger partial charge in [-0.3, -0.25) is 9.89 Å². The monoisotopic (exact) mass is 328 g/mol. The first-order valence-corrected chi connectivity index (χ1v) is 8.92. The van der Waals surface area contributed by atoms with Crippen LogP contribution in [0.2, 0.25) is 0 Å². The fourth-order valence-corrected chi connectivity index (χ4v) is 3.79. The molecule has 122 valence electrons. The number of nitrogens with two attached hydrogens (primary N) is 1. The first kappa shape index (κ1) is 16.0. The minimum absolute atomic E-state index is 0.390. The Kier molecular flexibility index (Phi) is 4.98. The first-order chi connectivity index (χ1) is 11.1. The Hall–Kier alpha value is -1.85. The van der Waals surface area contributed by atoms with Gasteiger partial charge in [-0.05, 0) is 55.0 Å². The van der Waals surface area contributed by atoms with E-state index >= 15 is 0 Å². The maximum Gasteiger partial charge on any atom is 0.193 e. The number of anilines is 1. The summed E-state index contributed by atoms with van der Waals surface area (Å²) < 4.78 is 0. The van der Waals surface area contributed by atoms with Gasteiger partial charge in [0.2, 0.25) is 0 Å². The number of aliphatic imine (C=N–C) groups is 1. The molecule has 0 spiro atoms. The summed E-state index contributed by atoms with van der Waals surface area (Å²) in [5.74, 6) is 0.482. The molecule has 0 aliphatic carbocycles. The maximum atomic E-state index is 6.02. The molecule has 0 bridgehead atoms. The highest BCUT2D eigenvalue weighted by Gasteiger charge is 2.21. The lowest BCUT2D eigenvalue weighted by Gasteiger charge is -2.31. The lowest BCUT2D eigenvalue weighted by atomic mass is 10.1. The van der Waals surface area contributed by atoms with E-state index in [-0.39, 0.29) is 0 Å². The predicted octanol–water partition coefficient (Wildman–Crippen LogP) is 3.23. The molecule has 0 saturated carbocycles. The summed E-state index contributed by atoms with van der Waals surface area (Å²) in [6.07, 6.45) is 1.15. The second-order valence-corrected chi connectivity index (χ2v) is 7.16. The van der Waals surface area contributed by atoms with Crippen LogP contribution in [0.25, 0.3) is 0 Å². The Bertz CT molecular complexity index is 692. The molecule has 5 heteroatoms. The zero-order chi connectivity index (χ0) is 16.2. The average molecular weight is 328 g/mol. The van der Waals surface area contributed by atoms with Gasteiger partial charge in [0, 0.05) is 29.7 Å². The molecule has 2 aromatic rings. The number of fused-ring (bicyclic) bond motifs is 1. The van der Waals surface area contributed by atoms with E-state index in [2.05, 4.69) is 52.6 Å². The van der Waals surface area contributed by atoms with Gasteiger partial charge in [-0.15, -0.1) is 11.3 Å². The molecule has 0 radical (unpaired) electrons. The minimum atomic E-state index is 0.390. The summed E-state index contributed by atoms with van der Waals surface area (Å²) in [4.78, 5) is 8.54. The summed E-state index contributed by atoms with van der Waals surface area (Å²) in [6.45, 7) is 7.14. The van der Waals surface area contributed by atoms with Crippen molar-refractivity contribution < 1.29 is 0 Å². The second-order valence-electron chi connectivity index (χ2n) is 6.16. The van der Waals surface area contributed by atoms with Gasteiger partial charge < -0.3 is 11.1 Å². The third kappa shape index (κ3) is 4.12. The highest BCUT2D eigenvalue weighted by atomic mass is 32.1. The summed E-state index contributed by atoms with van der Waals surface area (Å²) in [5.41, 5.74) is 9.68. The largest absolute Gasteiger partial charge is 0.370 e. The summed E-state index contributed by atoms with van der Waals surface area (Å²) >= 11 is 1.88. The summed E-state index contributed by atoms with van der Waals surface area (Å²) in [6, 6.07) is 10.8. The Morgan fingerprint density at radius 1 is 1.43 bits per heavy atom. The van der Waals surface area contributed by atoms with Crippen LogP contribution >= 0.6 is 11.3 Å². The zero-order valence-electron chi connectivity index (χ0n) is 13.7. The van der Waals surface area contributed by atoms with E-state index in [0.29, 0.717) is 18.5 Å². The van der Waals surface area contributed by atoms with Crippen molar-refractivity contribution in [2.45, 2.75) is 32.9 Å². The van der Waals surface area contributed by atoms with Crippen LogP contribution < -0.4 is 11.1 Å². The first-order valence-electron chi connectivity index (χ1n) is 8.05. The molecule has 4 nitrogen and oxygen atoms in total. The van der Waals surface area contributed by atoms with Gasteiger partial charge in [0.15, 0.2) is 5.96 Å². The van der Waals surface area contributed by atoms with Gasteiger partial charge in [-0.2, -0.15) is 0 Å². The highest BCUT2D eigenvalue weighted by molar-refractivity contribution is 7.10. The molecule has 1 aliphatic heterocycles. The van der Waals surface area contributed by atoms with Crippen molar-refractivity contribution in [3.63, 3.8) is 0 Å². The normalized spacial score (nSPS) is 16.9. The molecule has 1 aliphatic rings. The Labute approximate surface area is 142 Å². The lowest BCUT2D eigenvalue weighted by Crippen LogP contribution is -2.39. The number of nitrogens with one attached hydrogen (secondary N) is 1. The third-order valence-corrected chi connectivity index (χ3v) is 5.30. The van der Waals surface area contributed by atoms with Gasteiger partial charge in [0.05, 0.1) is 6.54 Å². The minimum Gasteiger partial charge on any atom is -0.370 e. The van der Waals surface area contributed by atoms with Gasteiger partial charge in [-0.25, -0.2) is 0 Å². The summed E-state index contributed by atoms with van der Waals surface area (Å²) in [5, 5.41) is 5.36. The fourth-order valence-electron chi connectivity index (χ4n) is 2.90. The van der Waals surface area contributed by atoms with Crippen molar-refractivity contribution in [1.82, 2.24) is 4.90 Å². The van der Waals surface area contributed by atoms with E-state index in [1.807, 2.05) is 23.5 Å². The van der Waals surface area contributed by atoms with Crippen molar-refractivity contribution in [3.05, 3.63) is 51.7 Å². The van der Waals surface area contributed by atoms with E-state index in [4.69, 9.17) is 5.73 Å². The molecule has 1 aromatic carbocycles. The molecule has 23 heavy (non-hydrogen) atoms. The molecule has 1 aromatic heterocycles. The van der Waals surface area contributed by atoms with Crippen LogP contribution in [0.15, 0.2) is 40.7 Å². The molecule has 1 atom stereocenters. The van der Waals surface area contributed by atoms with E-state index in [0.717, 1.165) is 25.2 Å². The summed E-state index contributed by atoms with van der Waals surface area (Å²) in [7, 11) is 0. The van der Waals surface area contributed by atoms with Crippen LogP contribution in [-0.2, 0) is 13.0 Å². The van der Waals surface area contributed by atoms with Gasteiger partial charge in [-0.1, -0.05) is 12.1 Å². The van der Waals surface area contributed by atoms with E-state index in [9.17, 15) is 0 Å². The highest BCUT2D eigenvalue weighted by Crippen LogP contribution is 2.25. The van der Waals surface area contributed by atoms with Gasteiger partial charge in [0.1, 0.15) is 0 Å². The Balaban J connectivity index is 1.54. The number of hydrogen-bond acceptors (Lipinski definition) is 3. The Morgan fingerprint density at radius 3 is 3.13 bits per heavy atom. The number of aryl methyl sites for hydroxylation is 1. The standard InChI is InChI=1S/C18H24N4S/c1-13-4-3-5-16(10-13)21-18(19)20-11-14(2)22-8-6-17-15(12-22)7-9-23-17/h3-5,7,9-10,14H,6,8,11-12H2,1-2H3,(H3,19,20,21). The molecule has 2 heterocycles. The molecule has 0 fully saturated rings. The quantitative estimate of drug-likeness (QED) is 0.669. The molecule has 0 saturated heterocycles. The Morgan fingerprint density at radius 2 is 2.30 bits per heavy atom. The zero-order valence-corrected chi connectivity index (χ0v) is 14.6. The van der Waals surface area contributed by atoms with Crippen molar-refractivity contribution in [1.29, 1.82) is 0 Å². The maximum absolute atomic E-state index is 6.02. The number of rotatable bonds is 4. The van der Waals surface area contributed by atoms with Gasteiger partial charge >= 0.3 is 0 Å². The average Bonchev–Trinajstić information content (AvgIpc) is 3.00. The van der Waals surface area contributed by atoms with Crippen LogP contribution in [0.3, 0.4) is 0 Å². The number of thiophene rings is 1. The van der Waals surface area contributed by atoms with Crippen LogP contribution in [0, 0.1) is 6.92 Å². The second kappa shape index (κ2) is 7.15. The van der Waals surface area contributed by atoms with Crippen molar-refractivity contribution in [2.24, 2.45) is 10.7 Å². The topological polar surface area (TPSA) is 53.6 Å². The molecular weight excluding hydrogens is 304 g/mol. The van der Waals surface area contributed by atoms with Crippen molar-refractivity contribution >= 4 is 23.0 Å². The molecule has 1 unspecified atom stereocenters. The van der Waals surface area contributed by atoms with Crippen LogP contribution in [0.4, 0.5) is 5.69 Å². The SMILES string of the molecule is Cc1cccc(NC(N)=NCC(C)N2CCc3sccc3C2)c1. The molecule has 3 rings (SSSR count). The van der Waals surface area contributed by atoms with Crippen LogP contribution in [0.5, 0.6) is 0 Å².